The van der Waals surface area contributed by atoms with E-state index in [0.717, 1.165) is 0 Å². The molecule has 4 rings (SSSR count). The van der Waals surface area contributed by atoms with E-state index in [2.05, 4.69) is 52.5 Å². The van der Waals surface area contributed by atoms with E-state index >= 15 is 0 Å². The molecule has 0 aliphatic heterocycles. The molecule has 0 spiro atoms. The van der Waals surface area contributed by atoms with Crippen molar-refractivity contribution >= 4 is 52.8 Å². The van der Waals surface area contributed by atoms with Crippen LogP contribution in [0.4, 0.5) is 11.9 Å². The van der Waals surface area contributed by atoms with Crippen LogP contribution in [0.25, 0.3) is 22.3 Å². The molecule has 1 atom stereocenters. The number of anilines is 2. The van der Waals surface area contributed by atoms with Crippen LogP contribution in [0.3, 0.4) is 0 Å². The van der Waals surface area contributed by atoms with Crippen molar-refractivity contribution in [2.75, 3.05) is 17.2 Å². The van der Waals surface area contributed by atoms with Crippen molar-refractivity contribution in [1.29, 1.82) is 0 Å². The van der Waals surface area contributed by atoms with Crippen LogP contribution in [0, 0.1) is 0 Å². The second-order valence-electron chi connectivity index (χ2n) is 5.23. The van der Waals surface area contributed by atoms with Crippen molar-refractivity contribution in [2.45, 2.75) is 6.04 Å². The molecule has 0 bridgehead atoms. The van der Waals surface area contributed by atoms with E-state index < -0.39 is 12.0 Å². The molecule has 0 fully saturated rings. The van der Waals surface area contributed by atoms with E-state index in [0.29, 0.717) is 22.3 Å². The summed E-state index contributed by atoms with van der Waals surface area (Å²) < 4.78 is 0. The van der Waals surface area contributed by atoms with Crippen molar-refractivity contribution in [3.63, 3.8) is 0 Å². The van der Waals surface area contributed by atoms with Crippen LogP contribution in [-0.4, -0.2) is 62.7 Å². The summed E-state index contributed by atoms with van der Waals surface area (Å²) in [5.41, 5.74) is 16.2. The summed E-state index contributed by atoms with van der Waals surface area (Å²) in [6, 6.07) is -0.816. The molecule has 0 aromatic carbocycles. The minimum absolute atomic E-state index is 0.0783. The number of rotatable bonds is 2. The third-order valence-corrected chi connectivity index (χ3v) is 3.54. The molecule has 0 aliphatic rings. The minimum Gasteiger partial charge on any atom is -0.480 e. The maximum absolute atomic E-state index is 11.0. The summed E-state index contributed by atoms with van der Waals surface area (Å²) >= 11 is 3.65. The highest BCUT2D eigenvalue weighted by Gasteiger charge is 2.06. The lowest BCUT2D eigenvalue weighted by Crippen LogP contribution is -2.31. The molecule has 0 unspecified atom stereocenters. The van der Waals surface area contributed by atoms with Gasteiger partial charge in [0.2, 0.25) is 11.9 Å². The lowest BCUT2D eigenvalue weighted by molar-refractivity contribution is -0.137. The summed E-state index contributed by atoms with van der Waals surface area (Å²) in [6.45, 7) is 0. The fourth-order valence-electron chi connectivity index (χ4n) is 1.80. The number of carboxylic acid groups (broad SMARTS) is 1. The zero-order chi connectivity index (χ0) is 21.6. The number of carboxylic acids is 1. The van der Waals surface area contributed by atoms with Crippen molar-refractivity contribution in [1.82, 2.24) is 39.9 Å². The Morgan fingerprint density at radius 1 is 1.00 bits per heavy atom. The number of aromatic nitrogens is 8. The predicted octanol–water partition coefficient (Wildman–Crippen LogP) is -2.22. The Kier molecular flexibility index (Phi) is 6.88. The molecule has 0 saturated carbocycles. The molecule has 0 aliphatic carbocycles. The van der Waals surface area contributed by atoms with Gasteiger partial charge in [-0.15, -0.1) is 0 Å². The highest BCUT2D eigenvalue weighted by Crippen LogP contribution is 1.99. The Labute approximate surface area is 165 Å². The summed E-state index contributed by atoms with van der Waals surface area (Å²) in [4.78, 5) is 56.8. The number of H-pyrrole nitrogens is 4. The van der Waals surface area contributed by atoms with Gasteiger partial charge in [0, 0.05) is 5.75 Å². The normalized spacial score (nSPS) is 11.2. The fraction of sp³-hybridized carbons (Fsp3) is 0.154. The summed E-state index contributed by atoms with van der Waals surface area (Å²) in [7, 11) is 0. The molecule has 0 saturated heterocycles. The minimum atomic E-state index is -1.00. The number of fused-ring (bicyclic) bond motifs is 2. The number of imidazole rings is 2. The first-order valence-electron chi connectivity index (χ1n) is 7.70. The molecule has 4 aromatic rings. The molecular weight excluding hydrogens is 406 g/mol. The number of carbonyl (C=O) groups is 1. The van der Waals surface area contributed by atoms with Crippen molar-refractivity contribution in [2.24, 2.45) is 5.73 Å². The van der Waals surface area contributed by atoms with Crippen LogP contribution in [0.1, 0.15) is 0 Å². The first kappa shape index (κ1) is 21.4. The quantitative estimate of drug-likeness (QED) is 0.156. The lowest BCUT2D eigenvalue weighted by atomic mass is 10.4. The Hall–Kier alpha value is -3.92. The van der Waals surface area contributed by atoms with E-state index in [4.69, 9.17) is 22.3 Å². The molecule has 15 nitrogen and oxygen atoms in total. The summed E-state index contributed by atoms with van der Waals surface area (Å²) in [5, 5.41) is 8.01. The first-order chi connectivity index (χ1) is 13.7. The lowest BCUT2D eigenvalue weighted by Gasteiger charge is -1.96. The van der Waals surface area contributed by atoms with Crippen LogP contribution in [-0.2, 0) is 4.79 Å². The zero-order valence-electron chi connectivity index (χ0n) is 14.6. The number of aromatic amines is 4. The monoisotopic (exact) mass is 423 g/mol. The highest BCUT2D eigenvalue weighted by atomic mass is 32.1. The molecule has 4 heterocycles. The van der Waals surface area contributed by atoms with E-state index in [1.165, 1.54) is 12.7 Å². The molecule has 0 amide bonds. The molecule has 16 heteroatoms. The Bertz CT molecular complexity index is 1140. The topological polar surface area (TPSA) is 264 Å². The van der Waals surface area contributed by atoms with Gasteiger partial charge >= 0.3 is 5.97 Å². The number of hydrogen-bond donors (Lipinski definition) is 9. The van der Waals surface area contributed by atoms with Crippen LogP contribution < -0.4 is 28.3 Å². The zero-order valence-corrected chi connectivity index (χ0v) is 15.5. The molecule has 154 valence electrons. The van der Waals surface area contributed by atoms with Crippen molar-refractivity contribution in [3.8, 4) is 0 Å². The van der Waals surface area contributed by atoms with Gasteiger partial charge in [-0.1, -0.05) is 0 Å². The Morgan fingerprint density at radius 2 is 1.41 bits per heavy atom. The van der Waals surface area contributed by atoms with Crippen molar-refractivity contribution in [3.05, 3.63) is 33.4 Å². The second-order valence-corrected chi connectivity index (χ2v) is 5.60. The smallest absolute Gasteiger partial charge is 0.321 e. The maximum atomic E-state index is 11.0. The third-order valence-electron chi connectivity index (χ3n) is 3.14. The van der Waals surface area contributed by atoms with Gasteiger partial charge in [0.15, 0.2) is 22.3 Å². The third kappa shape index (κ3) is 5.53. The maximum Gasteiger partial charge on any atom is 0.321 e. The number of nitrogens with zero attached hydrogens (tertiary/aromatic N) is 4. The Morgan fingerprint density at radius 3 is 1.72 bits per heavy atom. The van der Waals surface area contributed by atoms with Gasteiger partial charge in [-0.25, -0.2) is 9.97 Å². The first-order valence-corrected chi connectivity index (χ1v) is 8.33. The van der Waals surface area contributed by atoms with Crippen LogP contribution >= 0.6 is 12.6 Å². The molecule has 11 N–H and O–H groups in total. The highest BCUT2D eigenvalue weighted by molar-refractivity contribution is 7.80. The molecule has 4 aromatic heterocycles. The van der Waals surface area contributed by atoms with Crippen molar-refractivity contribution < 1.29 is 9.90 Å². The van der Waals surface area contributed by atoms with E-state index in [-0.39, 0.29) is 28.8 Å². The average Bonchev–Trinajstić information content (AvgIpc) is 3.31. The van der Waals surface area contributed by atoms with Gasteiger partial charge in [0.05, 0.1) is 12.7 Å². The van der Waals surface area contributed by atoms with Gasteiger partial charge in [-0.2, -0.15) is 22.6 Å². The van der Waals surface area contributed by atoms with Crippen LogP contribution in [0.2, 0.25) is 0 Å². The molecule has 0 radical (unpaired) electrons. The number of nitrogens with one attached hydrogen (secondary N) is 4. The molecular formula is C13H17N11O4S. The second kappa shape index (κ2) is 9.33. The van der Waals surface area contributed by atoms with Gasteiger partial charge in [0.1, 0.15) is 6.04 Å². The van der Waals surface area contributed by atoms with E-state index in [9.17, 15) is 14.4 Å². The number of hydrogen-bond acceptors (Lipinski definition) is 11. The Balaban J connectivity index is 0.000000161. The fourth-order valence-corrected chi connectivity index (χ4v) is 1.95. The summed E-state index contributed by atoms with van der Waals surface area (Å²) in [5.74, 6) is -0.658. The number of nitrogen functional groups attached to an aromatic ring is 2. The number of aliphatic carboxylic acids is 1. The predicted molar refractivity (Wildman–Crippen MR) is 107 cm³/mol. The SMILES string of the molecule is N[C@@H](CS)C(=O)O.Nc1nc2nc[nH]c2c(=O)[nH]1.Nc1nc2nc[nH]c2c(=O)[nH]1. The van der Waals surface area contributed by atoms with E-state index in [1.54, 1.807) is 0 Å². The van der Waals surface area contributed by atoms with E-state index in [1.807, 2.05) is 0 Å². The number of thiol groups is 1. The van der Waals surface area contributed by atoms with Gasteiger partial charge in [-0.3, -0.25) is 24.4 Å². The van der Waals surface area contributed by atoms with Crippen LogP contribution in [0.15, 0.2) is 22.2 Å². The molecule has 29 heavy (non-hydrogen) atoms. The largest absolute Gasteiger partial charge is 0.480 e. The summed E-state index contributed by atoms with van der Waals surface area (Å²) in [6.07, 6.45) is 2.79. The standard InChI is InChI=1S/2C5H5N5O.C3H7NO2S/c2*6-5-9-3-2(4(11)10-5)7-1-8-3;4-2(1-7)3(5)6/h2*1H,(H4,6,7,8,9,10,11);2,7H,1,4H2,(H,5,6)/t;;2-/m..0/s1. The van der Waals surface area contributed by atoms with Gasteiger partial charge < -0.3 is 32.3 Å². The average molecular weight is 423 g/mol. The number of nitrogens with two attached hydrogens (primary N) is 3. The van der Waals surface area contributed by atoms with Gasteiger partial charge in [-0.05, 0) is 0 Å². The van der Waals surface area contributed by atoms with Gasteiger partial charge in [0.25, 0.3) is 11.1 Å². The van der Waals surface area contributed by atoms with Crippen LogP contribution in [0.5, 0.6) is 0 Å².